The number of hydrogen-bond donors (Lipinski definition) is 1. The molecule has 1 unspecified atom stereocenters. The van der Waals surface area contributed by atoms with E-state index in [2.05, 4.69) is 5.32 Å². The van der Waals surface area contributed by atoms with Crippen LogP contribution in [0, 0.1) is 17.0 Å². The SMILES string of the molecule is CCNC(=O)C(C)N(Cc1ccccc1C)C(=O)CSCc1ccc([N+](=O)[O-])cc1. The molecule has 0 bridgehead atoms. The number of nitrogens with zero attached hydrogens (tertiary/aromatic N) is 2. The predicted molar refractivity (Wildman–Crippen MR) is 119 cm³/mol. The third-order valence-corrected chi connectivity index (χ3v) is 5.75. The van der Waals surface area contributed by atoms with Crippen LogP contribution < -0.4 is 5.32 Å². The Kier molecular flexibility index (Phi) is 8.86. The van der Waals surface area contributed by atoms with Gasteiger partial charge in [-0.05, 0) is 37.5 Å². The Morgan fingerprint density at radius 1 is 1.17 bits per heavy atom. The van der Waals surface area contributed by atoms with Gasteiger partial charge in [-0.1, -0.05) is 36.4 Å². The Morgan fingerprint density at radius 2 is 1.83 bits per heavy atom. The summed E-state index contributed by atoms with van der Waals surface area (Å²) >= 11 is 1.42. The van der Waals surface area contributed by atoms with Gasteiger partial charge in [-0.3, -0.25) is 19.7 Å². The first-order chi connectivity index (χ1) is 14.3. The molecule has 0 heterocycles. The lowest BCUT2D eigenvalue weighted by molar-refractivity contribution is -0.384. The molecule has 0 fully saturated rings. The fourth-order valence-electron chi connectivity index (χ4n) is 2.93. The third-order valence-electron chi connectivity index (χ3n) is 4.76. The number of thioether (sulfide) groups is 1. The van der Waals surface area contributed by atoms with Gasteiger partial charge >= 0.3 is 0 Å². The van der Waals surface area contributed by atoms with Crippen molar-refractivity contribution in [2.75, 3.05) is 12.3 Å². The number of carbonyl (C=O) groups excluding carboxylic acids is 2. The van der Waals surface area contributed by atoms with E-state index in [1.54, 1.807) is 24.0 Å². The van der Waals surface area contributed by atoms with Gasteiger partial charge in [0.25, 0.3) is 5.69 Å². The van der Waals surface area contributed by atoms with Crippen LogP contribution >= 0.6 is 11.8 Å². The molecule has 160 valence electrons. The van der Waals surface area contributed by atoms with Crippen LogP contribution in [-0.4, -0.2) is 40.0 Å². The lowest BCUT2D eigenvalue weighted by Gasteiger charge is -2.29. The van der Waals surface area contributed by atoms with Crippen molar-refractivity contribution >= 4 is 29.3 Å². The molecular formula is C22H27N3O4S. The maximum absolute atomic E-state index is 13.0. The monoisotopic (exact) mass is 429 g/mol. The number of hydrogen-bond acceptors (Lipinski definition) is 5. The average molecular weight is 430 g/mol. The topological polar surface area (TPSA) is 92.6 Å². The van der Waals surface area contributed by atoms with Gasteiger partial charge in [0.15, 0.2) is 0 Å². The molecule has 1 atom stereocenters. The van der Waals surface area contributed by atoms with E-state index in [-0.39, 0.29) is 23.3 Å². The number of nitrogens with one attached hydrogen (secondary N) is 1. The van der Waals surface area contributed by atoms with E-state index in [1.165, 1.54) is 23.9 Å². The molecular weight excluding hydrogens is 402 g/mol. The van der Waals surface area contributed by atoms with E-state index in [0.29, 0.717) is 18.8 Å². The van der Waals surface area contributed by atoms with Gasteiger partial charge in [-0.25, -0.2) is 0 Å². The van der Waals surface area contributed by atoms with Crippen molar-refractivity contribution in [2.45, 2.75) is 39.1 Å². The van der Waals surface area contributed by atoms with Gasteiger partial charge in [0.05, 0.1) is 10.7 Å². The van der Waals surface area contributed by atoms with Crippen molar-refractivity contribution in [3.05, 3.63) is 75.3 Å². The molecule has 0 saturated carbocycles. The number of nitro benzene ring substituents is 1. The van der Waals surface area contributed by atoms with E-state index in [4.69, 9.17) is 0 Å². The third kappa shape index (κ3) is 6.59. The highest BCUT2D eigenvalue weighted by molar-refractivity contribution is 7.99. The zero-order valence-electron chi connectivity index (χ0n) is 17.5. The second-order valence-corrected chi connectivity index (χ2v) is 7.92. The van der Waals surface area contributed by atoms with E-state index < -0.39 is 11.0 Å². The second-order valence-electron chi connectivity index (χ2n) is 6.94. The molecule has 1 N–H and O–H groups in total. The summed E-state index contributed by atoms with van der Waals surface area (Å²) in [6.07, 6.45) is 0. The van der Waals surface area contributed by atoms with Crippen LogP contribution in [0.4, 0.5) is 5.69 Å². The van der Waals surface area contributed by atoms with E-state index >= 15 is 0 Å². The van der Waals surface area contributed by atoms with Gasteiger partial charge in [-0.15, -0.1) is 11.8 Å². The molecule has 0 aliphatic heterocycles. The van der Waals surface area contributed by atoms with Gasteiger partial charge in [0.2, 0.25) is 11.8 Å². The number of non-ortho nitro benzene ring substituents is 1. The summed E-state index contributed by atoms with van der Waals surface area (Å²) < 4.78 is 0. The molecule has 2 rings (SSSR count). The van der Waals surface area contributed by atoms with Crippen molar-refractivity contribution in [3.63, 3.8) is 0 Å². The smallest absolute Gasteiger partial charge is 0.269 e. The Bertz CT molecular complexity index is 886. The molecule has 2 amide bonds. The van der Waals surface area contributed by atoms with Crippen LogP contribution in [0.1, 0.15) is 30.5 Å². The maximum atomic E-state index is 13.0. The zero-order chi connectivity index (χ0) is 22.1. The molecule has 30 heavy (non-hydrogen) atoms. The van der Waals surface area contributed by atoms with E-state index in [9.17, 15) is 19.7 Å². The largest absolute Gasteiger partial charge is 0.355 e. The fraction of sp³-hybridized carbons (Fsp3) is 0.364. The molecule has 2 aromatic carbocycles. The minimum absolute atomic E-state index is 0.0417. The summed E-state index contributed by atoms with van der Waals surface area (Å²) in [6, 6.07) is 13.5. The van der Waals surface area contributed by atoms with Crippen molar-refractivity contribution in [2.24, 2.45) is 0 Å². The Hall–Kier alpha value is -2.87. The van der Waals surface area contributed by atoms with Crippen LogP contribution in [-0.2, 0) is 21.9 Å². The average Bonchev–Trinajstić information content (AvgIpc) is 2.73. The zero-order valence-corrected chi connectivity index (χ0v) is 18.3. The Morgan fingerprint density at radius 3 is 2.43 bits per heavy atom. The van der Waals surface area contributed by atoms with Crippen molar-refractivity contribution < 1.29 is 14.5 Å². The van der Waals surface area contributed by atoms with Gasteiger partial charge in [0, 0.05) is 31.0 Å². The molecule has 0 radical (unpaired) electrons. The normalized spacial score (nSPS) is 11.6. The molecule has 0 aromatic heterocycles. The molecule has 0 saturated heterocycles. The Labute approximate surface area is 181 Å². The van der Waals surface area contributed by atoms with E-state index in [1.807, 2.05) is 38.1 Å². The minimum Gasteiger partial charge on any atom is -0.355 e. The lowest BCUT2D eigenvalue weighted by atomic mass is 10.1. The van der Waals surface area contributed by atoms with Crippen molar-refractivity contribution in [1.82, 2.24) is 10.2 Å². The van der Waals surface area contributed by atoms with E-state index in [0.717, 1.165) is 16.7 Å². The number of likely N-dealkylation sites (N-methyl/N-ethyl adjacent to an activating group) is 1. The van der Waals surface area contributed by atoms with Gasteiger partial charge < -0.3 is 10.2 Å². The molecule has 0 aliphatic rings. The maximum Gasteiger partial charge on any atom is 0.269 e. The summed E-state index contributed by atoms with van der Waals surface area (Å²) in [5.41, 5.74) is 3.01. The molecule has 7 nitrogen and oxygen atoms in total. The first-order valence-corrected chi connectivity index (χ1v) is 10.9. The van der Waals surface area contributed by atoms with Crippen molar-refractivity contribution in [3.8, 4) is 0 Å². The fourth-order valence-corrected chi connectivity index (χ4v) is 3.80. The highest BCUT2D eigenvalue weighted by Gasteiger charge is 2.26. The van der Waals surface area contributed by atoms with Crippen LogP contribution in [0.25, 0.3) is 0 Å². The molecule has 0 aliphatic carbocycles. The number of aryl methyl sites for hydroxylation is 1. The number of amides is 2. The number of carbonyl (C=O) groups is 2. The number of benzene rings is 2. The molecule has 0 spiro atoms. The predicted octanol–water partition coefficient (Wildman–Crippen LogP) is 3.69. The van der Waals surface area contributed by atoms with Gasteiger partial charge in [-0.2, -0.15) is 0 Å². The first kappa shape index (κ1) is 23.4. The second kappa shape index (κ2) is 11.3. The summed E-state index contributed by atoms with van der Waals surface area (Å²) in [4.78, 5) is 37.3. The number of nitro groups is 1. The van der Waals surface area contributed by atoms with Crippen molar-refractivity contribution in [1.29, 1.82) is 0 Å². The molecule has 2 aromatic rings. The first-order valence-electron chi connectivity index (χ1n) is 9.76. The summed E-state index contributed by atoms with van der Waals surface area (Å²) in [7, 11) is 0. The highest BCUT2D eigenvalue weighted by atomic mass is 32.2. The van der Waals surface area contributed by atoms with Gasteiger partial charge in [0.1, 0.15) is 6.04 Å². The standard InChI is InChI=1S/C22H27N3O4S/c1-4-23-22(27)17(3)24(13-19-8-6-5-7-16(19)2)21(26)15-30-14-18-9-11-20(12-10-18)25(28)29/h5-12,17H,4,13-15H2,1-3H3,(H,23,27). The van der Waals surface area contributed by atoms with Crippen LogP contribution in [0.5, 0.6) is 0 Å². The summed E-state index contributed by atoms with van der Waals surface area (Å²) in [5.74, 6) is 0.466. The number of rotatable bonds is 10. The summed E-state index contributed by atoms with van der Waals surface area (Å²) in [5, 5.41) is 13.5. The lowest BCUT2D eigenvalue weighted by Crippen LogP contribution is -2.48. The van der Waals surface area contributed by atoms with Crippen LogP contribution in [0.2, 0.25) is 0 Å². The van der Waals surface area contributed by atoms with Crippen LogP contribution in [0.3, 0.4) is 0 Å². The quantitative estimate of drug-likeness (QED) is 0.459. The van der Waals surface area contributed by atoms with Crippen LogP contribution in [0.15, 0.2) is 48.5 Å². The summed E-state index contributed by atoms with van der Waals surface area (Å²) in [6.45, 7) is 6.44. The Balaban J connectivity index is 2.04. The molecule has 8 heteroatoms. The highest BCUT2D eigenvalue weighted by Crippen LogP contribution is 2.19. The minimum atomic E-state index is -0.586.